The molecule has 0 fully saturated rings. The van der Waals surface area contributed by atoms with Gasteiger partial charge in [-0.1, -0.05) is 18.2 Å². The highest BCUT2D eigenvalue weighted by molar-refractivity contribution is 5.66. The van der Waals surface area contributed by atoms with Crippen LogP contribution in [0.25, 0.3) is 28.2 Å². The lowest BCUT2D eigenvalue weighted by molar-refractivity contribution is 0.282. The minimum Gasteiger partial charge on any atom is -0.472 e. The summed E-state index contributed by atoms with van der Waals surface area (Å²) in [5.41, 5.74) is 5.23. The molecule has 5 heteroatoms. The molecule has 0 aliphatic rings. The van der Waals surface area contributed by atoms with Gasteiger partial charge in [0.1, 0.15) is 0 Å². The molecule has 1 N–H and O–H groups in total. The molecule has 22 heavy (non-hydrogen) atoms. The van der Waals surface area contributed by atoms with E-state index in [1.54, 1.807) is 23.2 Å². The maximum Gasteiger partial charge on any atom is 0.154 e. The summed E-state index contributed by atoms with van der Waals surface area (Å²) >= 11 is 0. The molecule has 3 aromatic heterocycles. The molecule has 3 heterocycles. The lowest BCUT2D eigenvalue weighted by atomic mass is 10.1. The highest BCUT2D eigenvalue weighted by Gasteiger charge is 2.10. The molecule has 108 valence electrons. The van der Waals surface area contributed by atoms with Crippen molar-refractivity contribution in [3.8, 4) is 22.5 Å². The van der Waals surface area contributed by atoms with E-state index in [0.717, 1.165) is 33.7 Å². The van der Waals surface area contributed by atoms with Crippen molar-refractivity contribution in [2.75, 3.05) is 0 Å². The number of aliphatic hydroxyl groups is 1. The first-order chi connectivity index (χ1) is 10.8. The Morgan fingerprint density at radius 3 is 2.86 bits per heavy atom. The van der Waals surface area contributed by atoms with Crippen LogP contribution in [0.1, 0.15) is 5.56 Å². The third kappa shape index (κ3) is 2.08. The third-order valence-electron chi connectivity index (χ3n) is 3.58. The zero-order valence-corrected chi connectivity index (χ0v) is 11.7. The number of aromatic nitrogens is 3. The van der Waals surface area contributed by atoms with Gasteiger partial charge in [0.15, 0.2) is 5.65 Å². The van der Waals surface area contributed by atoms with Gasteiger partial charge in [-0.15, -0.1) is 0 Å². The number of aliphatic hydroxyl groups excluding tert-OH is 1. The van der Waals surface area contributed by atoms with Crippen molar-refractivity contribution in [2.45, 2.75) is 6.61 Å². The molecular weight excluding hydrogens is 278 g/mol. The number of hydrogen-bond acceptors (Lipinski definition) is 4. The second kappa shape index (κ2) is 5.13. The summed E-state index contributed by atoms with van der Waals surface area (Å²) in [5.74, 6) is 0. The highest BCUT2D eigenvalue weighted by atomic mass is 16.3. The molecule has 0 aliphatic heterocycles. The number of furan rings is 1. The number of benzene rings is 1. The SMILES string of the molecule is OCc1cccc(-c2cnc3ccc(-c4ccoc4)nn23)c1. The Labute approximate surface area is 126 Å². The van der Waals surface area contributed by atoms with Crippen LogP contribution in [0.15, 0.2) is 65.6 Å². The van der Waals surface area contributed by atoms with E-state index in [1.165, 1.54) is 0 Å². The summed E-state index contributed by atoms with van der Waals surface area (Å²) in [7, 11) is 0. The molecule has 1 aromatic carbocycles. The predicted octanol–water partition coefficient (Wildman–Crippen LogP) is 3.15. The van der Waals surface area contributed by atoms with Crippen LogP contribution in [-0.2, 0) is 6.61 Å². The van der Waals surface area contributed by atoms with Crippen molar-refractivity contribution in [1.29, 1.82) is 0 Å². The molecule has 4 aromatic rings. The number of fused-ring (bicyclic) bond motifs is 1. The van der Waals surface area contributed by atoms with Crippen LogP contribution in [0.4, 0.5) is 0 Å². The molecule has 0 atom stereocenters. The maximum atomic E-state index is 9.29. The fraction of sp³-hybridized carbons (Fsp3) is 0.0588. The first-order valence-electron chi connectivity index (χ1n) is 6.93. The van der Waals surface area contributed by atoms with Gasteiger partial charge < -0.3 is 9.52 Å². The maximum absolute atomic E-state index is 9.29. The first kappa shape index (κ1) is 12.8. The molecule has 0 unspecified atom stereocenters. The Kier molecular flexibility index (Phi) is 2.98. The van der Waals surface area contributed by atoms with Crippen LogP contribution in [0, 0.1) is 0 Å². The van der Waals surface area contributed by atoms with E-state index in [-0.39, 0.29) is 6.61 Å². The van der Waals surface area contributed by atoms with Crippen molar-refractivity contribution in [3.05, 3.63) is 66.8 Å². The quantitative estimate of drug-likeness (QED) is 0.630. The molecule has 0 bridgehead atoms. The number of hydrogen-bond donors (Lipinski definition) is 1. The second-order valence-electron chi connectivity index (χ2n) is 5.00. The molecule has 0 saturated heterocycles. The van der Waals surface area contributed by atoms with Gasteiger partial charge in [0, 0.05) is 11.1 Å². The van der Waals surface area contributed by atoms with Gasteiger partial charge in [0.25, 0.3) is 0 Å². The number of imidazole rings is 1. The molecule has 0 saturated carbocycles. The van der Waals surface area contributed by atoms with E-state index in [0.29, 0.717) is 0 Å². The highest BCUT2D eigenvalue weighted by Crippen LogP contribution is 2.23. The van der Waals surface area contributed by atoms with Crippen molar-refractivity contribution < 1.29 is 9.52 Å². The standard InChI is InChI=1S/C17H13N3O2/c21-10-12-2-1-3-13(8-12)16-9-18-17-5-4-15(19-20(16)17)14-6-7-22-11-14/h1-9,11,21H,10H2. The van der Waals surface area contributed by atoms with E-state index in [4.69, 9.17) is 4.42 Å². The second-order valence-corrected chi connectivity index (χ2v) is 5.00. The van der Waals surface area contributed by atoms with Crippen LogP contribution in [0.2, 0.25) is 0 Å². The normalized spacial score (nSPS) is 11.1. The minimum atomic E-state index is 0.0122. The summed E-state index contributed by atoms with van der Waals surface area (Å²) in [4.78, 5) is 4.39. The Bertz CT molecular complexity index is 926. The van der Waals surface area contributed by atoms with Gasteiger partial charge in [-0.3, -0.25) is 0 Å². The minimum absolute atomic E-state index is 0.0122. The van der Waals surface area contributed by atoms with E-state index in [9.17, 15) is 5.11 Å². The van der Waals surface area contributed by atoms with Crippen LogP contribution in [0.5, 0.6) is 0 Å². The summed E-state index contributed by atoms with van der Waals surface area (Å²) in [6, 6.07) is 13.4. The summed E-state index contributed by atoms with van der Waals surface area (Å²) in [6.07, 6.45) is 5.08. The van der Waals surface area contributed by atoms with Gasteiger partial charge in [-0.25, -0.2) is 9.50 Å². The predicted molar refractivity (Wildman–Crippen MR) is 82.0 cm³/mol. The lowest BCUT2D eigenvalue weighted by Crippen LogP contribution is -1.96. The summed E-state index contributed by atoms with van der Waals surface area (Å²) in [6.45, 7) is 0.0122. The van der Waals surface area contributed by atoms with Crippen LogP contribution < -0.4 is 0 Å². The first-order valence-corrected chi connectivity index (χ1v) is 6.93. The Balaban J connectivity index is 1.89. The molecule has 0 amide bonds. The largest absolute Gasteiger partial charge is 0.472 e. The van der Waals surface area contributed by atoms with E-state index in [1.807, 2.05) is 42.5 Å². The Morgan fingerprint density at radius 1 is 1.09 bits per heavy atom. The molecular formula is C17H13N3O2. The van der Waals surface area contributed by atoms with Crippen molar-refractivity contribution >= 4 is 5.65 Å². The van der Waals surface area contributed by atoms with Crippen LogP contribution in [-0.4, -0.2) is 19.7 Å². The molecule has 0 radical (unpaired) electrons. The van der Waals surface area contributed by atoms with Crippen molar-refractivity contribution in [3.63, 3.8) is 0 Å². The van der Waals surface area contributed by atoms with E-state index >= 15 is 0 Å². The number of nitrogens with zero attached hydrogens (tertiary/aromatic N) is 3. The number of rotatable bonds is 3. The zero-order valence-electron chi connectivity index (χ0n) is 11.7. The Hall–Kier alpha value is -2.92. The van der Waals surface area contributed by atoms with E-state index < -0.39 is 0 Å². The molecule has 0 aliphatic carbocycles. The summed E-state index contributed by atoms with van der Waals surface area (Å²) in [5, 5.41) is 13.9. The van der Waals surface area contributed by atoms with Gasteiger partial charge in [0.05, 0.1) is 36.7 Å². The zero-order chi connectivity index (χ0) is 14.9. The summed E-state index contributed by atoms with van der Waals surface area (Å²) < 4.78 is 6.92. The smallest absolute Gasteiger partial charge is 0.154 e. The fourth-order valence-corrected chi connectivity index (χ4v) is 2.46. The van der Waals surface area contributed by atoms with Crippen molar-refractivity contribution in [1.82, 2.24) is 14.6 Å². The van der Waals surface area contributed by atoms with E-state index in [2.05, 4.69) is 10.1 Å². The fourth-order valence-electron chi connectivity index (χ4n) is 2.46. The van der Waals surface area contributed by atoms with Crippen LogP contribution >= 0.6 is 0 Å². The van der Waals surface area contributed by atoms with Crippen molar-refractivity contribution in [2.24, 2.45) is 0 Å². The van der Waals surface area contributed by atoms with Gasteiger partial charge >= 0.3 is 0 Å². The molecule has 0 spiro atoms. The van der Waals surface area contributed by atoms with Crippen LogP contribution in [0.3, 0.4) is 0 Å². The third-order valence-corrected chi connectivity index (χ3v) is 3.58. The molecule has 4 rings (SSSR count). The topological polar surface area (TPSA) is 63.6 Å². The average Bonchev–Trinajstić information content (AvgIpc) is 3.23. The van der Waals surface area contributed by atoms with Gasteiger partial charge in [-0.05, 0) is 29.8 Å². The van der Waals surface area contributed by atoms with Gasteiger partial charge in [0.2, 0.25) is 0 Å². The lowest BCUT2D eigenvalue weighted by Gasteiger charge is -2.04. The molecule has 5 nitrogen and oxygen atoms in total. The Morgan fingerprint density at radius 2 is 2.05 bits per heavy atom. The monoisotopic (exact) mass is 291 g/mol. The van der Waals surface area contributed by atoms with Gasteiger partial charge in [-0.2, -0.15) is 5.10 Å². The average molecular weight is 291 g/mol.